The van der Waals surface area contributed by atoms with E-state index >= 15 is 0 Å². The fourth-order valence-corrected chi connectivity index (χ4v) is 2.66. The fraction of sp³-hybridized carbons (Fsp3) is 0.250. The smallest absolute Gasteiger partial charge is 0.255 e. The van der Waals surface area contributed by atoms with Crippen molar-refractivity contribution < 1.29 is 9.21 Å². The van der Waals surface area contributed by atoms with Crippen LogP contribution in [0, 0.1) is 20.8 Å². The minimum atomic E-state index is -0.151. The molecule has 0 aromatic carbocycles. The number of aryl methyl sites for hydroxylation is 2. The first-order chi connectivity index (χ1) is 10.5. The van der Waals surface area contributed by atoms with Gasteiger partial charge in [-0.15, -0.1) is 0 Å². The van der Waals surface area contributed by atoms with Crippen LogP contribution in [0.5, 0.6) is 0 Å². The van der Waals surface area contributed by atoms with E-state index in [4.69, 9.17) is 16.0 Å². The molecule has 0 radical (unpaired) electrons. The van der Waals surface area contributed by atoms with Gasteiger partial charge in [0.25, 0.3) is 5.91 Å². The van der Waals surface area contributed by atoms with Gasteiger partial charge in [-0.05, 0) is 32.9 Å². The molecule has 3 aromatic rings. The van der Waals surface area contributed by atoms with Gasteiger partial charge in [-0.2, -0.15) is 0 Å². The molecule has 3 rings (SSSR count). The summed E-state index contributed by atoms with van der Waals surface area (Å²) in [6, 6.07) is 3.62. The maximum absolute atomic E-state index is 12.3. The Kier molecular flexibility index (Phi) is 3.66. The molecule has 0 spiro atoms. The van der Waals surface area contributed by atoms with E-state index in [1.54, 1.807) is 19.2 Å². The molecule has 0 bridgehead atoms. The average Bonchev–Trinajstić information content (AvgIpc) is 2.97. The van der Waals surface area contributed by atoms with Crippen LogP contribution in [0.3, 0.4) is 0 Å². The van der Waals surface area contributed by atoms with Gasteiger partial charge in [-0.25, -0.2) is 4.98 Å². The van der Waals surface area contributed by atoms with Crippen molar-refractivity contribution in [3.63, 3.8) is 0 Å². The molecule has 0 saturated heterocycles. The third-order valence-electron chi connectivity index (χ3n) is 3.68. The molecule has 22 heavy (non-hydrogen) atoms. The van der Waals surface area contributed by atoms with Crippen LogP contribution in [0.15, 0.2) is 28.9 Å². The molecular formula is C16H16ClN3O2. The molecule has 0 aliphatic rings. The molecular weight excluding hydrogens is 302 g/mol. The van der Waals surface area contributed by atoms with Crippen LogP contribution in [0.1, 0.15) is 33.1 Å². The first kappa shape index (κ1) is 14.7. The van der Waals surface area contributed by atoms with E-state index in [0.29, 0.717) is 22.9 Å². The lowest BCUT2D eigenvalue weighted by atomic mass is 10.1. The molecule has 3 aromatic heterocycles. The van der Waals surface area contributed by atoms with Gasteiger partial charge >= 0.3 is 0 Å². The molecule has 3 heterocycles. The summed E-state index contributed by atoms with van der Waals surface area (Å²) < 4.78 is 7.32. The number of rotatable bonds is 3. The molecule has 0 atom stereocenters. The number of fused-ring (bicyclic) bond motifs is 1. The van der Waals surface area contributed by atoms with Crippen molar-refractivity contribution in [1.29, 1.82) is 0 Å². The molecule has 1 amide bonds. The number of nitrogens with one attached hydrogen (secondary N) is 1. The quantitative estimate of drug-likeness (QED) is 0.805. The zero-order chi connectivity index (χ0) is 15.9. The summed E-state index contributed by atoms with van der Waals surface area (Å²) in [5.74, 6) is 1.25. The lowest BCUT2D eigenvalue weighted by Gasteiger charge is -2.03. The second kappa shape index (κ2) is 5.50. The summed E-state index contributed by atoms with van der Waals surface area (Å²) in [6.07, 6.45) is 3.63. The lowest BCUT2D eigenvalue weighted by Crippen LogP contribution is -2.23. The zero-order valence-corrected chi connectivity index (χ0v) is 13.4. The Morgan fingerprint density at radius 2 is 2.05 bits per heavy atom. The third kappa shape index (κ3) is 2.60. The van der Waals surface area contributed by atoms with Crippen molar-refractivity contribution in [1.82, 2.24) is 14.7 Å². The average molecular weight is 318 g/mol. The topological polar surface area (TPSA) is 59.5 Å². The van der Waals surface area contributed by atoms with Crippen LogP contribution < -0.4 is 5.32 Å². The number of hydrogen-bond acceptors (Lipinski definition) is 3. The van der Waals surface area contributed by atoms with E-state index in [9.17, 15) is 4.79 Å². The molecule has 0 aliphatic heterocycles. The van der Waals surface area contributed by atoms with Crippen molar-refractivity contribution in [3.05, 3.63) is 57.9 Å². The Bertz CT molecular complexity index is 864. The maximum Gasteiger partial charge on any atom is 0.255 e. The van der Waals surface area contributed by atoms with Crippen molar-refractivity contribution in [2.75, 3.05) is 0 Å². The van der Waals surface area contributed by atoms with E-state index in [1.165, 1.54) is 0 Å². The summed E-state index contributed by atoms with van der Waals surface area (Å²) >= 11 is 5.94. The summed E-state index contributed by atoms with van der Waals surface area (Å²) in [5.41, 5.74) is 3.03. The van der Waals surface area contributed by atoms with Crippen LogP contribution in [0.4, 0.5) is 0 Å². The van der Waals surface area contributed by atoms with Gasteiger partial charge in [0.05, 0.1) is 22.8 Å². The number of halogens is 1. The molecule has 0 fully saturated rings. The Morgan fingerprint density at radius 1 is 1.27 bits per heavy atom. The molecule has 0 saturated carbocycles. The minimum absolute atomic E-state index is 0.151. The number of hydrogen-bond donors (Lipinski definition) is 1. The Morgan fingerprint density at radius 3 is 2.73 bits per heavy atom. The number of aromatic nitrogens is 2. The summed E-state index contributed by atoms with van der Waals surface area (Å²) in [4.78, 5) is 16.8. The van der Waals surface area contributed by atoms with Crippen LogP contribution in [0.2, 0.25) is 5.02 Å². The molecule has 1 N–H and O–H groups in total. The predicted molar refractivity (Wildman–Crippen MR) is 84.3 cm³/mol. The molecule has 0 aliphatic carbocycles. The first-order valence-corrected chi connectivity index (χ1v) is 7.31. The third-order valence-corrected chi connectivity index (χ3v) is 3.91. The van der Waals surface area contributed by atoms with Gasteiger partial charge in [0.2, 0.25) is 0 Å². The molecule has 5 nitrogen and oxygen atoms in total. The van der Waals surface area contributed by atoms with E-state index in [-0.39, 0.29) is 5.91 Å². The molecule has 6 heteroatoms. The van der Waals surface area contributed by atoms with Gasteiger partial charge in [-0.3, -0.25) is 4.79 Å². The van der Waals surface area contributed by atoms with E-state index in [0.717, 1.165) is 22.7 Å². The highest BCUT2D eigenvalue weighted by Crippen LogP contribution is 2.20. The highest BCUT2D eigenvalue weighted by molar-refractivity contribution is 6.30. The number of pyridine rings is 1. The number of furan rings is 1. The van der Waals surface area contributed by atoms with E-state index in [1.807, 2.05) is 30.5 Å². The van der Waals surface area contributed by atoms with Gasteiger partial charge in [0.15, 0.2) is 0 Å². The number of amides is 1. The zero-order valence-electron chi connectivity index (χ0n) is 12.6. The number of carbonyl (C=O) groups is 1. The largest absolute Gasteiger partial charge is 0.466 e. The van der Waals surface area contributed by atoms with Gasteiger partial charge in [0.1, 0.15) is 17.2 Å². The van der Waals surface area contributed by atoms with Gasteiger partial charge in [0, 0.05) is 18.0 Å². The van der Waals surface area contributed by atoms with E-state index in [2.05, 4.69) is 10.3 Å². The first-order valence-electron chi connectivity index (χ1n) is 6.93. The summed E-state index contributed by atoms with van der Waals surface area (Å²) in [7, 11) is 0. The number of carbonyl (C=O) groups excluding carboxylic acids is 1. The normalized spacial score (nSPS) is 11.1. The van der Waals surface area contributed by atoms with Gasteiger partial charge < -0.3 is 14.1 Å². The standard InChI is InChI=1S/C16H16ClN3O2/c1-9-10(2)22-11(3)15(9)16(21)18-6-13-8-20-7-12(17)4-5-14(20)19-13/h4-5,7-8H,6H2,1-3H3,(H,18,21). The Labute approximate surface area is 132 Å². The van der Waals surface area contributed by atoms with Crippen molar-refractivity contribution >= 4 is 23.2 Å². The Hall–Kier alpha value is -2.27. The van der Waals surface area contributed by atoms with Crippen LogP contribution in [0.25, 0.3) is 5.65 Å². The summed E-state index contributed by atoms with van der Waals surface area (Å²) in [5, 5.41) is 3.52. The Balaban J connectivity index is 1.77. The lowest BCUT2D eigenvalue weighted by molar-refractivity contribution is 0.0948. The maximum atomic E-state index is 12.3. The number of imidazole rings is 1. The second-order valence-corrected chi connectivity index (χ2v) is 5.68. The van der Waals surface area contributed by atoms with Crippen molar-refractivity contribution in [2.24, 2.45) is 0 Å². The van der Waals surface area contributed by atoms with Gasteiger partial charge in [-0.1, -0.05) is 11.6 Å². The van der Waals surface area contributed by atoms with Crippen molar-refractivity contribution in [3.8, 4) is 0 Å². The second-order valence-electron chi connectivity index (χ2n) is 5.24. The van der Waals surface area contributed by atoms with Crippen LogP contribution >= 0.6 is 11.6 Å². The summed E-state index contributed by atoms with van der Waals surface area (Å²) in [6.45, 7) is 5.88. The van der Waals surface area contributed by atoms with Crippen LogP contribution in [-0.2, 0) is 6.54 Å². The highest BCUT2D eigenvalue weighted by Gasteiger charge is 2.18. The predicted octanol–water partition coefficient (Wildman–Crippen LogP) is 3.44. The SMILES string of the molecule is Cc1oc(C)c(C(=O)NCc2cn3cc(Cl)ccc3n2)c1C. The molecule has 0 unspecified atom stereocenters. The number of nitrogens with zero attached hydrogens (tertiary/aromatic N) is 2. The van der Waals surface area contributed by atoms with E-state index < -0.39 is 0 Å². The van der Waals surface area contributed by atoms with Crippen molar-refractivity contribution in [2.45, 2.75) is 27.3 Å². The van der Waals surface area contributed by atoms with Crippen LogP contribution in [-0.4, -0.2) is 15.3 Å². The monoisotopic (exact) mass is 317 g/mol. The molecule has 114 valence electrons. The minimum Gasteiger partial charge on any atom is -0.466 e. The highest BCUT2D eigenvalue weighted by atomic mass is 35.5. The fourth-order valence-electron chi connectivity index (χ4n) is 2.49.